The van der Waals surface area contributed by atoms with Gasteiger partial charge in [0.25, 0.3) is 0 Å². The van der Waals surface area contributed by atoms with E-state index in [0.29, 0.717) is 10.6 Å². The minimum atomic E-state index is -3.55. The van der Waals surface area contributed by atoms with Gasteiger partial charge in [0.05, 0.1) is 11.5 Å². The van der Waals surface area contributed by atoms with Crippen LogP contribution in [0.25, 0.3) is 0 Å². The summed E-state index contributed by atoms with van der Waals surface area (Å²) in [4.78, 5) is 0.205. The normalized spacial score (nSPS) is 11.8. The molecular weight excluding hydrogens is 310 g/mol. The number of hydrogen-bond donors (Lipinski definition) is 1. The summed E-state index contributed by atoms with van der Waals surface area (Å²) < 4.78 is 26.2. The van der Waals surface area contributed by atoms with E-state index in [1.165, 1.54) is 23.5 Å². The second-order valence-electron chi connectivity index (χ2n) is 4.69. The number of aliphatic hydroxyl groups is 1. The SMILES string of the molecule is CN(Cc1ccc(Cl)cc1)S(=O)(=O)c1ccc(CO)cc1. The van der Waals surface area contributed by atoms with Gasteiger partial charge in [0, 0.05) is 18.6 Å². The van der Waals surface area contributed by atoms with Gasteiger partial charge in [-0.15, -0.1) is 0 Å². The van der Waals surface area contributed by atoms with Crippen LogP contribution in [0.2, 0.25) is 5.02 Å². The second-order valence-corrected chi connectivity index (χ2v) is 7.17. The van der Waals surface area contributed by atoms with Crippen molar-refractivity contribution < 1.29 is 13.5 Å². The summed E-state index contributed by atoms with van der Waals surface area (Å²) in [5, 5.41) is 9.60. The first kappa shape index (κ1) is 16.0. The average Bonchev–Trinajstić information content (AvgIpc) is 2.49. The zero-order valence-electron chi connectivity index (χ0n) is 11.5. The van der Waals surface area contributed by atoms with Gasteiger partial charge in [-0.25, -0.2) is 8.42 Å². The molecule has 0 radical (unpaired) electrons. The molecule has 1 N–H and O–H groups in total. The Morgan fingerprint density at radius 1 is 1.00 bits per heavy atom. The van der Waals surface area contributed by atoms with Crippen LogP contribution in [0.4, 0.5) is 0 Å². The Kier molecular flexibility index (Phi) is 5.00. The molecule has 6 heteroatoms. The molecule has 0 aromatic heterocycles. The first-order valence-electron chi connectivity index (χ1n) is 6.34. The topological polar surface area (TPSA) is 57.6 Å². The second kappa shape index (κ2) is 6.58. The molecule has 0 amide bonds. The van der Waals surface area contributed by atoms with E-state index >= 15 is 0 Å². The molecule has 2 aromatic rings. The van der Waals surface area contributed by atoms with E-state index in [2.05, 4.69) is 0 Å². The fourth-order valence-electron chi connectivity index (χ4n) is 1.88. The largest absolute Gasteiger partial charge is 0.392 e. The number of benzene rings is 2. The number of halogens is 1. The van der Waals surface area contributed by atoms with Crippen LogP contribution in [0.3, 0.4) is 0 Å². The van der Waals surface area contributed by atoms with Crippen LogP contribution in [-0.2, 0) is 23.2 Å². The predicted octanol–water partition coefficient (Wildman–Crippen LogP) is 2.65. The highest BCUT2D eigenvalue weighted by Crippen LogP contribution is 2.18. The molecule has 2 aromatic carbocycles. The minimum absolute atomic E-state index is 0.110. The number of sulfonamides is 1. The van der Waals surface area contributed by atoms with Crippen LogP contribution in [0.1, 0.15) is 11.1 Å². The van der Waals surface area contributed by atoms with Gasteiger partial charge in [-0.3, -0.25) is 0 Å². The Balaban J connectivity index is 2.19. The van der Waals surface area contributed by atoms with E-state index in [9.17, 15) is 8.42 Å². The summed E-state index contributed by atoms with van der Waals surface area (Å²) in [5.74, 6) is 0. The maximum Gasteiger partial charge on any atom is 0.243 e. The lowest BCUT2D eigenvalue weighted by Gasteiger charge is -2.17. The van der Waals surface area contributed by atoms with Crippen molar-refractivity contribution in [3.63, 3.8) is 0 Å². The number of hydrogen-bond acceptors (Lipinski definition) is 3. The molecule has 0 saturated heterocycles. The van der Waals surface area contributed by atoms with Crippen molar-refractivity contribution in [3.8, 4) is 0 Å². The molecule has 0 fully saturated rings. The third kappa shape index (κ3) is 3.83. The Morgan fingerprint density at radius 3 is 2.05 bits per heavy atom. The minimum Gasteiger partial charge on any atom is -0.392 e. The molecule has 0 saturated carbocycles. The van der Waals surface area contributed by atoms with Crippen LogP contribution in [0.15, 0.2) is 53.4 Å². The van der Waals surface area contributed by atoms with Crippen molar-refractivity contribution in [2.75, 3.05) is 7.05 Å². The van der Waals surface area contributed by atoms with Gasteiger partial charge >= 0.3 is 0 Å². The molecule has 21 heavy (non-hydrogen) atoms. The molecule has 0 aliphatic rings. The van der Waals surface area contributed by atoms with Crippen LogP contribution in [0.5, 0.6) is 0 Å². The zero-order chi connectivity index (χ0) is 15.5. The molecule has 0 aliphatic heterocycles. The molecule has 112 valence electrons. The summed E-state index contributed by atoms with van der Waals surface area (Å²) in [5.41, 5.74) is 1.53. The molecule has 0 atom stereocenters. The first-order valence-corrected chi connectivity index (χ1v) is 8.16. The quantitative estimate of drug-likeness (QED) is 0.919. The summed E-state index contributed by atoms with van der Waals surface area (Å²) in [7, 11) is -2.02. The highest BCUT2D eigenvalue weighted by molar-refractivity contribution is 7.89. The van der Waals surface area contributed by atoms with Gasteiger partial charge in [0.15, 0.2) is 0 Å². The smallest absolute Gasteiger partial charge is 0.243 e. The van der Waals surface area contributed by atoms with E-state index in [1.54, 1.807) is 36.4 Å². The van der Waals surface area contributed by atoms with Crippen molar-refractivity contribution >= 4 is 21.6 Å². The highest BCUT2D eigenvalue weighted by atomic mass is 35.5. The Morgan fingerprint density at radius 2 is 1.52 bits per heavy atom. The lowest BCUT2D eigenvalue weighted by atomic mass is 10.2. The summed E-state index contributed by atoms with van der Waals surface area (Å²) in [6.07, 6.45) is 0. The summed E-state index contributed by atoms with van der Waals surface area (Å²) >= 11 is 5.81. The zero-order valence-corrected chi connectivity index (χ0v) is 13.1. The van der Waals surface area contributed by atoms with Gasteiger partial charge in [0.1, 0.15) is 0 Å². The third-order valence-corrected chi connectivity index (χ3v) is 5.20. The first-order chi connectivity index (χ1) is 9.93. The van der Waals surface area contributed by atoms with Gasteiger partial charge < -0.3 is 5.11 Å². The molecule has 0 heterocycles. The van der Waals surface area contributed by atoms with Crippen molar-refractivity contribution in [2.24, 2.45) is 0 Å². The van der Waals surface area contributed by atoms with E-state index in [4.69, 9.17) is 16.7 Å². The van der Waals surface area contributed by atoms with Gasteiger partial charge in [0.2, 0.25) is 10.0 Å². The Labute approximate surface area is 129 Å². The summed E-state index contributed by atoms with van der Waals surface area (Å²) in [6.45, 7) is 0.155. The number of nitrogens with zero attached hydrogens (tertiary/aromatic N) is 1. The maximum atomic E-state index is 12.4. The number of aliphatic hydroxyl groups excluding tert-OH is 1. The standard InChI is InChI=1S/C15H16ClNO3S/c1-17(10-12-2-6-14(16)7-3-12)21(19,20)15-8-4-13(11-18)5-9-15/h2-9,18H,10-11H2,1H3. The maximum absolute atomic E-state index is 12.4. The van der Waals surface area contributed by atoms with E-state index in [-0.39, 0.29) is 18.0 Å². The monoisotopic (exact) mass is 325 g/mol. The van der Waals surface area contributed by atoms with Crippen molar-refractivity contribution in [1.82, 2.24) is 4.31 Å². The van der Waals surface area contributed by atoms with Crippen LogP contribution in [0, 0.1) is 0 Å². The highest BCUT2D eigenvalue weighted by Gasteiger charge is 2.20. The van der Waals surface area contributed by atoms with Gasteiger partial charge in [-0.1, -0.05) is 35.9 Å². The van der Waals surface area contributed by atoms with E-state index in [1.807, 2.05) is 0 Å². The van der Waals surface area contributed by atoms with Crippen LogP contribution < -0.4 is 0 Å². The molecule has 2 rings (SSSR count). The molecule has 0 spiro atoms. The van der Waals surface area contributed by atoms with Gasteiger partial charge in [-0.2, -0.15) is 4.31 Å². The molecular formula is C15H16ClNO3S. The Bertz CT molecular complexity index is 697. The fraction of sp³-hybridized carbons (Fsp3) is 0.200. The summed E-state index contributed by atoms with van der Waals surface area (Å²) in [6, 6.07) is 13.2. The predicted molar refractivity (Wildman–Crippen MR) is 82.5 cm³/mol. The third-order valence-electron chi connectivity index (χ3n) is 3.13. The molecule has 0 unspecified atom stereocenters. The van der Waals surface area contributed by atoms with Crippen molar-refractivity contribution in [3.05, 3.63) is 64.7 Å². The lowest BCUT2D eigenvalue weighted by Crippen LogP contribution is -2.26. The lowest BCUT2D eigenvalue weighted by molar-refractivity contribution is 0.281. The fourth-order valence-corrected chi connectivity index (χ4v) is 3.16. The van der Waals surface area contributed by atoms with Crippen LogP contribution in [-0.4, -0.2) is 24.9 Å². The van der Waals surface area contributed by atoms with E-state index < -0.39 is 10.0 Å². The Hall–Kier alpha value is -1.40. The van der Waals surface area contributed by atoms with Gasteiger partial charge in [-0.05, 0) is 35.4 Å². The molecule has 4 nitrogen and oxygen atoms in total. The molecule has 0 bridgehead atoms. The van der Waals surface area contributed by atoms with Crippen molar-refractivity contribution in [1.29, 1.82) is 0 Å². The average molecular weight is 326 g/mol. The van der Waals surface area contributed by atoms with Crippen LogP contribution >= 0.6 is 11.6 Å². The number of rotatable bonds is 5. The molecule has 0 aliphatic carbocycles. The van der Waals surface area contributed by atoms with E-state index in [0.717, 1.165) is 5.56 Å². The van der Waals surface area contributed by atoms with Crippen molar-refractivity contribution in [2.45, 2.75) is 18.0 Å².